The summed E-state index contributed by atoms with van der Waals surface area (Å²) < 4.78 is 1.77. The summed E-state index contributed by atoms with van der Waals surface area (Å²) in [6.45, 7) is 2.83. The summed E-state index contributed by atoms with van der Waals surface area (Å²) in [6.07, 6.45) is 3.77. The van der Waals surface area contributed by atoms with Crippen LogP contribution in [0.5, 0.6) is 0 Å². The lowest BCUT2D eigenvalue weighted by atomic mass is 9.77. The zero-order valence-corrected chi connectivity index (χ0v) is 11.4. The van der Waals surface area contributed by atoms with E-state index >= 15 is 0 Å². The number of aliphatic carboxylic acids is 1. The monoisotopic (exact) mass is 264 g/mol. The number of carbonyl (C=O) groups is 2. The predicted octanol–water partition coefficient (Wildman–Crippen LogP) is 1.74. The maximum Gasteiger partial charge on any atom is 0.311 e. The molecule has 1 aromatic heterocycles. The van der Waals surface area contributed by atoms with Crippen LogP contribution in [0.4, 0.5) is 0 Å². The summed E-state index contributed by atoms with van der Waals surface area (Å²) in [5, 5.41) is 9.43. The smallest absolute Gasteiger partial charge is 0.311 e. The molecule has 1 unspecified atom stereocenters. The molecule has 0 radical (unpaired) electrons. The fraction of sp³-hybridized carbons (Fsp3) is 0.571. The van der Waals surface area contributed by atoms with Crippen LogP contribution in [0.3, 0.4) is 0 Å². The largest absolute Gasteiger partial charge is 0.481 e. The fourth-order valence-corrected chi connectivity index (χ4v) is 2.76. The predicted molar refractivity (Wildman–Crippen MR) is 70.9 cm³/mol. The highest BCUT2D eigenvalue weighted by Crippen LogP contribution is 2.34. The van der Waals surface area contributed by atoms with Gasteiger partial charge in [0, 0.05) is 26.3 Å². The first kappa shape index (κ1) is 13.6. The Kier molecular flexibility index (Phi) is 3.64. The van der Waals surface area contributed by atoms with Gasteiger partial charge in [-0.25, -0.2) is 0 Å². The number of nitrogens with zero attached hydrogens (tertiary/aromatic N) is 2. The van der Waals surface area contributed by atoms with Crippen molar-refractivity contribution in [1.82, 2.24) is 9.47 Å². The lowest BCUT2D eigenvalue weighted by Crippen LogP contribution is -2.49. The molecule has 0 spiro atoms. The molecule has 1 atom stereocenters. The minimum atomic E-state index is -0.792. The first-order chi connectivity index (χ1) is 9.00. The second-order valence-corrected chi connectivity index (χ2v) is 5.27. The van der Waals surface area contributed by atoms with Crippen molar-refractivity contribution in [2.24, 2.45) is 12.5 Å². The number of hydrogen-bond acceptors (Lipinski definition) is 2. The summed E-state index contributed by atoms with van der Waals surface area (Å²) in [4.78, 5) is 25.6. The van der Waals surface area contributed by atoms with E-state index in [1.54, 1.807) is 15.5 Å². The highest BCUT2D eigenvalue weighted by molar-refractivity contribution is 5.93. The van der Waals surface area contributed by atoms with E-state index in [0.29, 0.717) is 31.6 Å². The standard InChI is InChI=1S/C14H20N2O3/c1-3-14(13(18)19)7-5-9-16(10-14)12(17)11-6-4-8-15(11)2/h4,6,8H,3,5,7,9-10H2,1-2H3,(H,18,19). The Morgan fingerprint density at radius 3 is 2.74 bits per heavy atom. The van der Waals surface area contributed by atoms with Crippen molar-refractivity contribution in [3.8, 4) is 0 Å². The number of carbonyl (C=O) groups excluding carboxylic acids is 1. The lowest BCUT2D eigenvalue weighted by Gasteiger charge is -2.39. The first-order valence-corrected chi connectivity index (χ1v) is 6.64. The molecule has 1 N–H and O–H groups in total. The highest BCUT2D eigenvalue weighted by Gasteiger charge is 2.42. The van der Waals surface area contributed by atoms with Gasteiger partial charge in [0.05, 0.1) is 5.41 Å². The van der Waals surface area contributed by atoms with Crippen molar-refractivity contribution in [2.45, 2.75) is 26.2 Å². The van der Waals surface area contributed by atoms with Gasteiger partial charge in [-0.1, -0.05) is 6.92 Å². The summed E-state index contributed by atoms with van der Waals surface area (Å²) in [6, 6.07) is 3.59. The SMILES string of the molecule is CCC1(C(=O)O)CCCN(C(=O)c2cccn2C)C1. The molecule has 104 valence electrons. The van der Waals surface area contributed by atoms with Gasteiger partial charge in [0.1, 0.15) is 5.69 Å². The summed E-state index contributed by atoms with van der Waals surface area (Å²) in [5.74, 6) is -0.870. The maximum absolute atomic E-state index is 12.4. The first-order valence-electron chi connectivity index (χ1n) is 6.64. The number of piperidine rings is 1. The second-order valence-electron chi connectivity index (χ2n) is 5.27. The van der Waals surface area contributed by atoms with Crippen molar-refractivity contribution in [3.05, 3.63) is 24.0 Å². The van der Waals surface area contributed by atoms with Crippen LogP contribution in [0.2, 0.25) is 0 Å². The van der Waals surface area contributed by atoms with Crippen LogP contribution in [0, 0.1) is 5.41 Å². The minimum absolute atomic E-state index is 0.0775. The van der Waals surface area contributed by atoms with E-state index in [1.165, 1.54) is 0 Å². The van der Waals surface area contributed by atoms with Crippen LogP contribution in [-0.4, -0.2) is 39.5 Å². The summed E-state index contributed by atoms with van der Waals surface area (Å²) in [5.41, 5.74) is -0.170. The van der Waals surface area contributed by atoms with Crippen LogP contribution in [0.25, 0.3) is 0 Å². The molecule has 1 aliphatic heterocycles. The van der Waals surface area contributed by atoms with Crippen molar-refractivity contribution < 1.29 is 14.7 Å². The van der Waals surface area contributed by atoms with Crippen molar-refractivity contribution in [1.29, 1.82) is 0 Å². The topological polar surface area (TPSA) is 62.5 Å². The maximum atomic E-state index is 12.4. The molecule has 1 aromatic rings. The van der Waals surface area contributed by atoms with Crippen molar-refractivity contribution in [3.63, 3.8) is 0 Å². The second kappa shape index (κ2) is 5.07. The Labute approximate surface area is 112 Å². The number of aromatic nitrogens is 1. The molecule has 5 nitrogen and oxygen atoms in total. The van der Waals surface area contributed by atoms with Gasteiger partial charge < -0.3 is 14.6 Å². The van der Waals surface area contributed by atoms with Crippen molar-refractivity contribution >= 4 is 11.9 Å². The number of rotatable bonds is 3. The van der Waals surface area contributed by atoms with Gasteiger partial charge in [0.2, 0.25) is 0 Å². The Bertz CT molecular complexity index is 495. The van der Waals surface area contributed by atoms with Gasteiger partial charge in [-0.2, -0.15) is 0 Å². The molecule has 1 amide bonds. The number of hydrogen-bond donors (Lipinski definition) is 1. The Morgan fingerprint density at radius 1 is 1.47 bits per heavy atom. The number of carboxylic acids is 1. The van der Waals surface area contributed by atoms with E-state index in [1.807, 2.05) is 26.2 Å². The zero-order valence-electron chi connectivity index (χ0n) is 11.4. The van der Waals surface area contributed by atoms with Crippen LogP contribution in [0.15, 0.2) is 18.3 Å². The summed E-state index contributed by atoms with van der Waals surface area (Å²) >= 11 is 0. The number of carboxylic acid groups (broad SMARTS) is 1. The highest BCUT2D eigenvalue weighted by atomic mass is 16.4. The average molecular weight is 264 g/mol. The molecule has 2 rings (SSSR count). The molecule has 2 heterocycles. The summed E-state index contributed by atoms with van der Waals surface area (Å²) in [7, 11) is 1.82. The van der Waals surface area contributed by atoms with E-state index < -0.39 is 11.4 Å². The number of likely N-dealkylation sites (tertiary alicyclic amines) is 1. The minimum Gasteiger partial charge on any atom is -0.481 e. The Morgan fingerprint density at radius 2 is 2.21 bits per heavy atom. The molecule has 0 saturated carbocycles. The fourth-order valence-electron chi connectivity index (χ4n) is 2.76. The average Bonchev–Trinajstić information content (AvgIpc) is 2.84. The molecule has 0 aliphatic carbocycles. The molecule has 5 heteroatoms. The van der Waals surface area contributed by atoms with Gasteiger partial charge in [-0.05, 0) is 31.4 Å². The molecule has 1 saturated heterocycles. The molecule has 1 aliphatic rings. The van der Waals surface area contributed by atoms with Gasteiger partial charge in [0.25, 0.3) is 5.91 Å². The van der Waals surface area contributed by atoms with E-state index in [2.05, 4.69) is 0 Å². The Balaban J connectivity index is 2.20. The van der Waals surface area contributed by atoms with Gasteiger partial charge >= 0.3 is 5.97 Å². The lowest BCUT2D eigenvalue weighted by molar-refractivity contribution is -0.152. The Hall–Kier alpha value is -1.78. The van der Waals surface area contributed by atoms with E-state index in [4.69, 9.17) is 0 Å². The third-order valence-corrected chi connectivity index (χ3v) is 4.16. The molecular weight excluding hydrogens is 244 g/mol. The molecular formula is C14H20N2O3. The van der Waals surface area contributed by atoms with Crippen molar-refractivity contribution in [2.75, 3.05) is 13.1 Å². The molecule has 19 heavy (non-hydrogen) atoms. The normalized spacial score (nSPS) is 23.4. The van der Waals surface area contributed by atoms with E-state index in [-0.39, 0.29) is 5.91 Å². The quantitative estimate of drug-likeness (QED) is 0.904. The van der Waals surface area contributed by atoms with Crippen LogP contribution in [0.1, 0.15) is 36.7 Å². The van der Waals surface area contributed by atoms with E-state index in [0.717, 1.165) is 6.42 Å². The van der Waals surface area contributed by atoms with Crippen LogP contribution >= 0.6 is 0 Å². The number of aryl methyl sites for hydroxylation is 1. The zero-order chi connectivity index (χ0) is 14.0. The third kappa shape index (κ3) is 2.37. The van der Waals surface area contributed by atoms with Crippen LogP contribution < -0.4 is 0 Å². The third-order valence-electron chi connectivity index (χ3n) is 4.16. The van der Waals surface area contributed by atoms with Crippen LogP contribution in [-0.2, 0) is 11.8 Å². The van der Waals surface area contributed by atoms with E-state index in [9.17, 15) is 14.7 Å². The van der Waals surface area contributed by atoms with Gasteiger partial charge in [-0.15, -0.1) is 0 Å². The van der Waals surface area contributed by atoms with Gasteiger partial charge in [0.15, 0.2) is 0 Å². The van der Waals surface area contributed by atoms with Gasteiger partial charge in [-0.3, -0.25) is 9.59 Å². The molecule has 0 bridgehead atoms. The molecule has 1 fully saturated rings. The molecule has 0 aromatic carbocycles. The number of amides is 1.